The minimum Gasteiger partial charge on any atom is -0.353 e. The molecule has 20 heavy (non-hydrogen) atoms. The van der Waals surface area contributed by atoms with Crippen molar-refractivity contribution in [3.05, 3.63) is 28.1 Å². The van der Waals surface area contributed by atoms with Crippen LogP contribution in [0.4, 0.5) is 10.8 Å². The maximum absolute atomic E-state index is 11.9. The number of nitrogens with zero attached hydrogens (tertiary/aromatic N) is 4. The van der Waals surface area contributed by atoms with Crippen LogP contribution in [-0.2, 0) is 0 Å². The first-order valence-electron chi connectivity index (χ1n) is 5.47. The lowest BCUT2D eigenvalue weighted by Crippen LogP contribution is -2.07. The maximum Gasteiger partial charge on any atom is 0.287 e. The van der Waals surface area contributed by atoms with Gasteiger partial charge in [0.15, 0.2) is 10.1 Å². The Labute approximate surface area is 122 Å². The maximum atomic E-state index is 11.9. The van der Waals surface area contributed by atoms with Gasteiger partial charge >= 0.3 is 0 Å². The Morgan fingerprint density at radius 3 is 2.85 bits per heavy atom. The highest BCUT2D eigenvalue weighted by Crippen LogP contribution is 2.27. The predicted octanol–water partition coefficient (Wildman–Crippen LogP) is 1.82. The van der Waals surface area contributed by atoms with E-state index in [-0.39, 0.29) is 22.9 Å². The fourth-order valence-corrected chi connectivity index (χ4v) is 2.94. The molecule has 2 rings (SSSR count). The van der Waals surface area contributed by atoms with E-state index in [1.165, 1.54) is 35.4 Å². The zero-order chi connectivity index (χ0) is 14.7. The molecule has 2 aromatic rings. The predicted molar refractivity (Wildman–Crippen MR) is 76.7 cm³/mol. The number of carbonyl (C=O) groups is 1. The molecular formula is C10H11N5O3S2. The Kier molecular flexibility index (Phi) is 4.35. The van der Waals surface area contributed by atoms with Crippen LogP contribution in [0, 0.1) is 10.1 Å². The van der Waals surface area contributed by atoms with Crippen molar-refractivity contribution in [3.63, 3.8) is 0 Å². The first kappa shape index (κ1) is 14.5. The molecule has 0 spiro atoms. The number of thioether (sulfide) groups is 1. The number of aromatic amines is 1. The van der Waals surface area contributed by atoms with Crippen LogP contribution in [0.25, 0.3) is 0 Å². The lowest BCUT2D eigenvalue weighted by molar-refractivity contribution is -0.384. The Balaban J connectivity index is 1.95. The van der Waals surface area contributed by atoms with Gasteiger partial charge in [-0.25, -0.2) is 0 Å². The molecule has 0 aliphatic carbocycles. The van der Waals surface area contributed by atoms with Gasteiger partial charge < -0.3 is 9.88 Å². The molecule has 0 atom stereocenters. The lowest BCUT2D eigenvalue weighted by atomic mass is 10.3. The number of carbonyl (C=O) groups excluding carboxylic acids is 1. The molecule has 1 N–H and O–H groups in total. The largest absolute Gasteiger partial charge is 0.353 e. The van der Waals surface area contributed by atoms with E-state index < -0.39 is 4.92 Å². The molecule has 106 valence electrons. The van der Waals surface area contributed by atoms with Crippen LogP contribution in [0.1, 0.15) is 10.5 Å². The molecular weight excluding hydrogens is 302 g/mol. The number of aromatic nitrogens is 3. The first-order chi connectivity index (χ1) is 9.47. The zero-order valence-electron chi connectivity index (χ0n) is 10.7. The minimum absolute atomic E-state index is 0.121. The van der Waals surface area contributed by atoms with Crippen molar-refractivity contribution in [1.82, 2.24) is 15.2 Å². The molecule has 2 heterocycles. The number of nitrogens with one attached hydrogen (secondary N) is 1. The summed E-state index contributed by atoms with van der Waals surface area (Å²) in [7, 11) is 3.72. The van der Waals surface area contributed by atoms with Gasteiger partial charge in [-0.1, -0.05) is 23.1 Å². The highest BCUT2D eigenvalue weighted by atomic mass is 32.2. The van der Waals surface area contributed by atoms with E-state index in [1.54, 1.807) is 0 Å². The lowest BCUT2D eigenvalue weighted by Gasteiger charge is -2.03. The molecule has 0 saturated heterocycles. The normalized spacial score (nSPS) is 10.5. The quantitative estimate of drug-likeness (QED) is 0.375. The third kappa shape index (κ3) is 3.33. The summed E-state index contributed by atoms with van der Waals surface area (Å²) in [5.74, 6) is -0.0654. The van der Waals surface area contributed by atoms with Crippen LogP contribution in [0.3, 0.4) is 0 Å². The van der Waals surface area contributed by atoms with Crippen molar-refractivity contribution in [2.45, 2.75) is 4.34 Å². The van der Waals surface area contributed by atoms with E-state index in [9.17, 15) is 14.9 Å². The Bertz CT molecular complexity index is 636. The number of Topliss-reactive ketones (excluding diaryl/α,β-unsaturated/α-hetero) is 1. The summed E-state index contributed by atoms with van der Waals surface area (Å²) in [6.45, 7) is 0. The second kappa shape index (κ2) is 6.01. The fraction of sp³-hybridized carbons (Fsp3) is 0.300. The van der Waals surface area contributed by atoms with Gasteiger partial charge in [0.25, 0.3) is 5.69 Å². The van der Waals surface area contributed by atoms with Gasteiger partial charge in [-0.15, -0.1) is 10.2 Å². The van der Waals surface area contributed by atoms with E-state index >= 15 is 0 Å². The topological polar surface area (TPSA) is 105 Å². The average Bonchev–Trinajstić information content (AvgIpc) is 3.05. The van der Waals surface area contributed by atoms with Gasteiger partial charge in [0.2, 0.25) is 5.13 Å². The first-order valence-corrected chi connectivity index (χ1v) is 7.27. The van der Waals surface area contributed by atoms with E-state index in [2.05, 4.69) is 15.2 Å². The molecule has 8 nitrogen and oxygen atoms in total. The van der Waals surface area contributed by atoms with Gasteiger partial charge in [-0.05, 0) is 0 Å². The number of H-pyrrole nitrogens is 1. The summed E-state index contributed by atoms with van der Waals surface area (Å²) in [5.41, 5.74) is 0.103. The SMILES string of the molecule is CN(C)c1nnc(SCC(=O)c2cc([N+](=O)[O-])c[nH]2)s1. The van der Waals surface area contributed by atoms with Crippen molar-refractivity contribution < 1.29 is 9.72 Å². The molecule has 0 fully saturated rings. The minimum atomic E-state index is -0.547. The second-order valence-corrected chi connectivity index (χ2v) is 6.16. The van der Waals surface area contributed by atoms with Crippen molar-refractivity contribution in [2.75, 3.05) is 24.7 Å². The molecule has 0 saturated carbocycles. The van der Waals surface area contributed by atoms with Crippen molar-refractivity contribution in [2.24, 2.45) is 0 Å². The summed E-state index contributed by atoms with van der Waals surface area (Å²) in [4.78, 5) is 26.3. The number of rotatable bonds is 6. The molecule has 0 aliphatic heterocycles. The van der Waals surface area contributed by atoms with Crippen LogP contribution in [0.5, 0.6) is 0 Å². The summed E-state index contributed by atoms with van der Waals surface area (Å²) in [6.07, 6.45) is 1.20. The summed E-state index contributed by atoms with van der Waals surface area (Å²) in [6, 6.07) is 1.23. The Hall–Kier alpha value is -1.94. The Morgan fingerprint density at radius 1 is 1.55 bits per heavy atom. The third-order valence-corrected chi connectivity index (χ3v) is 4.51. The molecule has 0 aliphatic rings. The molecule has 10 heteroatoms. The number of hydrogen-bond donors (Lipinski definition) is 1. The standard InChI is InChI=1S/C10H11N5O3S2/c1-14(2)9-12-13-10(20-9)19-5-8(16)7-3-6(4-11-7)15(17)18/h3-4,11H,5H2,1-2H3. The van der Waals surface area contributed by atoms with Crippen LogP contribution < -0.4 is 4.90 Å². The van der Waals surface area contributed by atoms with Gasteiger partial charge in [0.1, 0.15) is 0 Å². The van der Waals surface area contributed by atoms with Gasteiger partial charge in [0.05, 0.1) is 22.6 Å². The van der Waals surface area contributed by atoms with E-state index in [4.69, 9.17) is 0 Å². The molecule has 0 unspecified atom stereocenters. The number of ketones is 1. The third-order valence-electron chi connectivity index (χ3n) is 2.28. The van der Waals surface area contributed by atoms with Crippen LogP contribution in [0.2, 0.25) is 0 Å². The van der Waals surface area contributed by atoms with Crippen molar-refractivity contribution in [3.8, 4) is 0 Å². The molecule has 0 amide bonds. The smallest absolute Gasteiger partial charge is 0.287 e. The number of anilines is 1. The van der Waals surface area contributed by atoms with Crippen molar-refractivity contribution in [1.29, 1.82) is 0 Å². The number of nitro groups is 1. The summed E-state index contributed by atoms with van der Waals surface area (Å²) < 4.78 is 0.683. The Morgan fingerprint density at radius 2 is 2.30 bits per heavy atom. The van der Waals surface area contributed by atoms with Gasteiger partial charge in [0, 0.05) is 20.2 Å². The average molecular weight is 313 g/mol. The highest BCUT2D eigenvalue weighted by molar-refractivity contribution is 8.01. The van der Waals surface area contributed by atoms with E-state index in [1.807, 2.05) is 19.0 Å². The monoisotopic (exact) mass is 313 g/mol. The second-order valence-electron chi connectivity index (χ2n) is 3.99. The van der Waals surface area contributed by atoms with Crippen LogP contribution in [-0.4, -0.2) is 45.7 Å². The van der Waals surface area contributed by atoms with Crippen molar-refractivity contribution >= 4 is 39.7 Å². The summed E-state index contributed by atoms with van der Waals surface area (Å²) in [5, 5.41) is 19.2. The summed E-state index contributed by atoms with van der Waals surface area (Å²) >= 11 is 2.64. The van der Waals surface area contributed by atoms with Crippen LogP contribution in [0.15, 0.2) is 16.6 Å². The van der Waals surface area contributed by atoms with Crippen LogP contribution >= 0.6 is 23.1 Å². The zero-order valence-corrected chi connectivity index (χ0v) is 12.3. The number of hydrogen-bond acceptors (Lipinski definition) is 8. The molecule has 0 bridgehead atoms. The molecule has 0 radical (unpaired) electrons. The van der Waals surface area contributed by atoms with Gasteiger partial charge in [-0.3, -0.25) is 14.9 Å². The molecule has 2 aromatic heterocycles. The fourth-order valence-electron chi connectivity index (χ4n) is 1.30. The van der Waals surface area contributed by atoms with E-state index in [0.29, 0.717) is 4.34 Å². The van der Waals surface area contributed by atoms with E-state index in [0.717, 1.165) is 5.13 Å². The van der Waals surface area contributed by atoms with Gasteiger partial charge in [-0.2, -0.15) is 0 Å². The molecule has 0 aromatic carbocycles. The highest BCUT2D eigenvalue weighted by Gasteiger charge is 2.15.